The van der Waals surface area contributed by atoms with Crippen LogP contribution in [0, 0.1) is 0 Å². The van der Waals surface area contributed by atoms with E-state index in [9.17, 15) is 4.79 Å². The molecular formula is C13H19NOS2. The minimum absolute atomic E-state index is 0.286. The van der Waals surface area contributed by atoms with Gasteiger partial charge in [-0.2, -0.15) is 11.8 Å². The minimum Gasteiger partial charge on any atom is -0.294 e. The number of Topliss-reactive ketones (excluding diaryl/α,β-unsaturated/α-hetero) is 1. The highest BCUT2D eigenvalue weighted by Gasteiger charge is 2.20. The average molecular weight is 269 g/mol. The molecule has 0 aliphatic carbocycles. The van der Waals surface area contributed by atoms with Crippen LogP contribution in [0.15, 0.2) is 12.1 Å². The summed E-state index contributed by atoms with van der Waals surface area (Å²) in [4.78, 5) is 16.6. The molecule has 94 valence electrons. The first-order valence-electron chi connectivity index (χ1n) is 6.15. The largest absolute Gasteiger partial charge is 0.294 e. The van der Waals surface area contributed by atoms with E-state index in [1.807, 2.05) is 17.8 Å². The molecule has 1 unspecified atom stereocenters. The Kier molecular flexibility index (Phi) is 4.65. The van der Waals surface area contributed by atoms with Crippen LogP contribution in [-0.2, 0) is 6.42 Å². The highest BCUT2D eigenvalue weighted by molar-refractivity contribution is 7.99. The average Bonchev–Trinajstić information content (AvgIpc) is 2.77. The van der Waals surface area contributed by atoms with Crippen LogP contribution >= 0.6 is 23.1 Å². The second kappa shape index (κ2) is 6.03. The normalized spacial score (nSPS) is 21.6. The first kappa shape index (κ1) is 13.1. The molecular weight excluding hydrogens is 250 g/mol. The molecule has 1 atom stereocenters. The fourth-order valence-corrected chi connectivity index (χ4v) is 3.99. The van der Waals surface area contributed by atoms with Crippen molar-refractivity contribution < 1.29 is 4.79 Å². The first-order valence-corrected chi connectivity index (χ1v) is 8.01. The van der Waals surface area contributed by atoms with E-state index in [2.05, 4.69) is 24.8 Å². The molecule has 0 aromatic carbocycles. The molecule has 2 rings (SSSR count). The number of carbonyl (C=O) groups excluding carboxylic acids is 1. The molecule has 0 N–H and O–H groups in total. The van der Waals surface area contributed by atoms with Gasteiger partial charge >= 0.3 is 0 Å². The molecule has 4 heteroatoms. The van der Waals surface area contributed by atoms with Gasteiger partial charge in [-0.3, -0.25) is 9.69 Å². The van der Waals surface area contributed by atoms with Gasteiger partial charge in [0.25, 0.3) is 0 Å². The second-order valence-electron chi connectivity index (χ2n) is 4.46. The van der Waals surface area contributed by atoms with Crippen molar-refractivity contribution in [3.63, 3.8) is 0 Å². The van der Waals surface area contributed by atoms with Gasteiger partial charge in [0.15, 0.2) is 5.78 Å². The summed E-state index contributed by atoms with van der Waals surface area (Å²) in [7, 11) is 0. The van der Waals surface area contributed by atoms with E-state index in [4.69, 9.17) is 0 Å². The van der Waals surface area contributed by atoms with Crippen LogP contribution in [0.4, 0.5) is 0 Å². The Bertz CT molecular complexity index is 389. The van der Waals surface area contributed by atoms with E-state index >= 15 is 0 Å². The predicted octanol–water partition coefficient (Wildman–Crippen LogP) is 2.93. The standard InChI is InChI=1S/C13H19NOS2/c1-3-11-4-5-13(17-11)12(15)9-14-6-7-16-10(2)8-14/h4-5,10H,3,6-9H2,1-2H3. The number of thiophene rings is 1. The van der Waals surface area contributed by atoms with Crippen molar-refractivity contribution >= 4 is 28.9 Å². The van der Waals surface area contributed by atoms with Crippen LogP contribution in [0.5, 0.6) is 0 Å². The van der Waals surface area contributed by atoms with E-state index in [-0.39, 0.29) is 5.78 Å². The molecule has 0 amide bonds. The number of nitrogens with zero attached hydrogens (tertiary/aromatic N) is 1. The number of rotatable bonds is 4. The molecule has 1 aromatic rings. The lowest BCUT2D eigenvalue weighted by Crippen LogP contribution is -2.39. The molecule has 1 aliphatic heterocycles. The predicted molar refractivity (Wildman–Crippen MR) is 76.4 cm³/mol. The fourth-order valence-electron chi connectivity index (χ4n) is 2.03. The van der Waals surface area contributed by atoms with Gasteiger partial charge in [-0.05, 0) is 18.6 Å². The lowest BCUT2D eigenvalue weighted by atomic mass is 10.2. The summed E-state index contributed by atoms with van der Waals surface area (Å²) in [6.45, 7) is 7.05. The van der Waals surface area contributed by atoms with Gasteiger partial charge in [-0.1, -0.05) is 13.8 Å². The van der Waals surface area contributed by atoms with Crippen molar-refractivity contribution in [3.05, 3.63) is 21.9 Å². The minimum atomic E-state index is 0.286. The Balaban J connectivity index is 1.92. The maximum atomic E-state index is 12.1. The third kappa shape index (κ3) is 3.57. The Morgan fingerprint density at radius 1 is 1.53 bits per heavy atom. The smallest absolute Gasteiger partial charge is 0.186 e. The summed E-state index contributed by atoms with van der Waals surface area (Å²) in [5.74, 6) is 1.44. The molecule has 0 bridgehead atoms. The summed E-state index contributed by atoms with van der Waals surface area (Å²) >= 11 is 3.65. The molecule has 1 fully saturated rings. The van der Waals surface area contributed by atoms with E-state index in [1.54, 1.807) is 11.3 Å². The van der Waals surface area contributed by atoms with Crippen LogP contribution in [0.1, 0.15) is 28.4 Å². The van der Waals surface area contributed by atoms with Crippen LogP contribution in [-0.4, -0.2) is 41.3 Å². The van der Waals surface area contributed by atoms with Gasteiger partial charge in [0.1, 0.15) is 0 Å². The lowest BCUT2D eigenvalue weighted by Gasteiger charge is -2.29. The fraction of sp³-hybridized carbons (Fsp3) is 0.615. The van der Waals surface area contributed by atoms with Gasteiger partial charge < -0.3 is 0 Å². The third-order valence-electron chi connectivity index (χ3n) is 2.98. The second-order valence-corrected chi connectivity index (χ2v) is 7.17. The van der Waals surface area contributed by atoms with Gasteiger partial charge in [0.05, 0.1) is 11.4 Å². The lowest BCUT2D eigenvalue weighted by molar-refractivity contribution is 0.0938. The van der Waals surface area contributed by atoms with Gasteiger partial charge in [0.2, 0.25) is 0 Å². The Morgan fingerprint density at radius 2 is 2.35 bits per heavy atom. The number of ketones is 1. The highest BCUT2D eigenvalue weighted by atomic mass is 32.2. The molecule has 0 saturated carbocycles. The zero-order chi connectivity index (χ0) is 12.3. The van der Waals surface area contributed by atoms with Crippen LogP contribution in [0.3, 0.4) is 0 Å². The SMILES string of the molecule is CCc1ccc(C(=O)CN2CCSC(C)C2)s1. The van der Waals surface area contributed by atoms with Crippen molar-refractivity contribution in [1.82, 2.24) is 4.90 Å². The summed E-state index contributed by atoms with van der Waals surface area (Å²) in [6, 6.07) is 4.06. The van der Waals surface area contributed by atoms with Crippen molar-refractivity contribution in [3.8, 4) is 0 Å². The van der Waals surface area contributed by atoms with E-state index in [1.165, 1.54) is 4.88 Å². The number of aryl methyl sites for hydroxylation is 1. The Labute approximate surface area is 111 Å². The van der Waals surface area contributed by atoms with E-state index in [0.717, 1.165) is 30.1 Å². The monoisotopic (exact) mass is 269 g/mol. The van der Waals surface area contributed by atoms with Crippen LogP contribution in [0.2, 0.25) is 0 Å². The topological polar surface area (TPSA) is 20.3 Å². The quantitative estimate of drug-likeness (QED) is 0.784. The summed E-state index contributed by atoms with van der Waals surface area (Å²) in [5.41, 5.74) is 0. The molecule has 2 nitrogen and oxygen atoms in total. The Hall–Kier alpha value is -0.320. The maximum Gasteiger partial charge on any atom is 0.186 e. The van der Waals surface area contributed by atoms with E-state index in [0.29, 0.717) is 11.8 Å². The van der Waals surface area contributed by atoms with Crippen LogP contribution in [0.25, 0.3) is 0 Å². The summed E-state index contributed by atoms with van der Waals surface area (Å²) in [6.07, 6.45) is 1.02. The van der Waals surface area contributed by atoms with Gasteiger partial charge in [-0.15, -0.1) is 11.3 Å². The molecule has 0 spiro atoms. The zero-order valence-electron chi connectivity index (χ0n) is 10.4. The Morgan fingerprint density at radius 3 is 3.00 bits per heavy atom. The number of carbonyl (C=O) groups is 1. The molecule has 1 aliphatic rings. The van der Waals surface area contributed by atoms with Crippen LogP contribution < -0.4 is 0 Å². The number of thioether (sulfide) groups is 1. The van der Waals surface area contributed by atoms with Crippen molar-refractivity contribution in [1.29, 1.82) is 0 Å². The molecule has 17 heavy (non-hydrogen) atoms. The molecule has 0 radical (unpaired) electrons. The van der Waals surface area contributed by atoms with Gasteiger partial charge in [-0.25, -0.2) is 0 Å². The number of hydrogen-bond donors (Lipinski definition) is 0. The number of hydrogen-bond acceptors (Lipinski definition) is 4. The van der Waals surface area contributed by atoms with Crippen molar-refractivity contribution in [2.24, 2.45) is 0 Å². The molecule has 2 heterocycles. The van der Waals surface area contributed by atoms with Gasteiger partial charge in [0, 0.05) is 29.0 Å². The molecule has 1 aromatic heterocycles. The molecule has 1 saturated heterocycles. The van der Waals surface area contributed by atoms with Crippen molar-refractivity contribution in [2.75, 3.05) is 25.4 Å². The first-order chi connectivity index (χ1) is 8.19. The maximum absolute atomic E-state index is 12.1. The van der Waals surface area contributed by atoms with E-state index < -0.39 is 0 Å². The summed E-state index contributed by atoms with van der Waals surface area (Å²) < 4.78 is 0. The van der Waals surface area contributed by atoms with Crippen molar-refractivity contribution in [2.45, 2.75) is 25.5 Å². The zero-order valence-corrected chi connectivity index (χ0v) is 12.1. The highest BCUT2D eigenvalue weighted by Crippen LogP contribution is 2.20. The third-order valence-corrected chi connectivity index (χ3v) is 5.38. The summed E-state index contributed by atoms with van der Waals surface area (Å²) in [5, 5.41) is 0.658.